The number of nitrogens with one attached hydrogen (secondary N) is 1. The molecular weight excluding hydrogens is 464 g/mol. The molecule has 3 atom stereocenters. The minimum Gasteiger partial charge on any atom is -0.390 e. The van der Waals surface area contributed by atoms with E-state index in [1.54, 1.807) is 6.20 Å². The van der Waals surface area contributed by atoms with Gasteiger partial charge in [-0.2, -0.15) is 0 Å². The molecule has 4 aliphatic carbocycles. The third-order valence-electron chi connectivity index (χ3n) is 10.4. The zero-order valence-corrected chi connectivity index (χ0v) is 21.5. The van der Waals surface area contributed by atoms with Crippen molar-refractivity contribution in [2.24, 2.45) is 11.7 Å². The van der Waals surface area contributed by atoms with Gasteiger partial charge in [-0.05, 0) is 74.5 Å². The predicted molar refractivity (Wildman–Crippen MR) is 141 cm³/mol. The van der Waals surface area contributed by atoms with Crippen molar-refractivity contribution >= 4 is 5.91 Å². The minimum absolute atomic E-state index is 0.132. The van der Waals surface area contributed by atoms with Crippen molar-refractivity contribution in [2.45, 2.75) is 80.0 Å². The van der Waals surface area contributed by atoms with Crippen molar-refractivity contribution in [3.8, 4) is 11.1 Å². The second kappa shape index (κ2) is 8.60. The molecule has 0 radical (unpaired) electrons. The lowest BCUT2D eigenvalue weighted by atomic mass is 9.60. The molecule has 2 aromatic rings. The SMILES string of the molecule is NC1CC2(O)CCC1(NC(=O)c1cncc(-c3ccc([C@@]45C[C@@H]4CN(C4CCOCC4)C5)cc3)c1)CC2. The zero-order chi connectivity index (χ0) is 25.3. The van der Waals surface area contributed by atoms with Crippen LogP contribution in [0.3, 0.4) is 0 Å². The Kier molecular flexibility index (Phi) is 5.52. The lowest BCUT2D eigenvalue weighted by molar-refractivity contribution is -0.0803. The van der Waals surface area contributed by atoms with E-state index in [4.69, 9.17) is 10.5 Å². The van der Waals surface area contributed by atoms with Gasteiger partial charge in [-0.15, -0.1) is 0 Å². The maximum Gasteiger partial charge on any atom is 0.253 e. The number of piperidine rings is 1. The van der Waals surface area contributed by atoms with E-state index >= 15 is 0 Å². The van der Waals surface area contributed by atoms with Crippen LogP contribution in [0.4, 0.5) is 0 Å². The van der Waals surface area contributed by atoms with Gasteiger partial charge >= 0.3 is 0 Å². The van der Waals surface area contributed by atoms with E-state index in [0.29, 0.717) is 36.3 Å². The number of ether oxygens (including phenoxy) is 1. The molecule has 1 amide bonds. The molecular formula is C30H38N4O3. The van der Waals surface area contributed by atoms with E-state index in [9.17, 15) is 9.90 Å². The quantitative estimate of drug-likeness (QED) is 0.581. The molecule has 2 bridgehead atoms. The second-order valence-electron chi connectivity index (χ2n) is 12.5. The summed E-state index contributed by atoms with van der Waals surface area (Å²) < 4.78 is 5.57. The number of carbonyl (C=O) groups is 1. The number of fused-ring (bicyclic) bond motifs is 4. The number of carbonyl (C=O) groups excluding carboxylic acids is 1. The molecule has 1 aromatic carbocycles. The van der Waals surface area contributed by atoms with Crippen molar-refractivity contribution in [3.63, 3.8) is 0 Å². The Bertz CT molecular complexity index is 1190. The maximum absolute atomic E-state index is 13.3. The van der Waals surface area contributed by atoms with Crippen molar-refractivity contribution < 1.29 is 14.6 Å². The average Bonchev–Trinajstić information content (AvgIpc) is 3.50. The number of nitrogens with zero attached hydrogens (tertiary/aromatic N) is 2. The summed E-state index contributed by atoms with van der Waals surface area (Å²) in [5.41, 5.74) is 9.68. The van der Waals surface area contributed by atoms with E-state index < -0.39 is 11.1 Å². The smallest absolute Gasteiger partial charge is 0.253 e. The topological polar surface area (TPSA) is 101 Å². The fourth-order valence-electron chi connectivity index (χ4n) is 7.87. The van der Waals surface area contributed by atoms with Crippen LogP contribution in [0.15, 0.2) is 42.7 Å². The predicted octanol–water partition coefficient (Wildman–Crippen LogP) is 3.01. The van der Waals surface area contributed by atoms with Gasteiger partial charge in [-0.3, -0.25) is 14.7 Å². The second-order valence-corrected chi connectivity index (χ2v) is 12.5. The van der Waals surface area contributed by atoms with Gasteiger partial charge in [0, 0.05) is 61.8 Å². The highest BCUT2D eigenvalue weighted by molar-refractivity contribution is 5.95. The Morgan fingerprint density at radius 1 is 1.05 bits per heavy atom. The summed E-state index contributed by atoms with van der Waals surface area (Å²) in [6.45, 7) is 4.18. The van der Waals surface area contributed by atoms with E-state index in [1.165, 1.54) is 25.1 Å². The molecule has 1 unspecified atom stereocenters. The van der Waals surface area contributed by atoms with Crippen LogP contribution in [0.2, 0.25) is 0 Å². The Labute approximate surface area is 218 Å². The van der Waals surface area contributed by atoms with Gasteiger partial charge in [0.05, 0.1) is 16.7 Å². The monoisotopic (exact) mass is 502 g/mol. The summed E-state index contributed by atoms with van der Waals surface area (Å²) in [5.74, 6) is 0.642. The van der Waals surface area contributed by atoms with Gasteiger partial charge in [0.15, 0.2) is 0 Å². The third-order valence-corrected chi connectivity index (χ3v) is 10.4. The Morgan fingerprint density at radius 2 is 1.81 bits per heavy atom. The molecule has 7 heteroatoms. The molecule has 2 saturated heterocycles. The van der Waals surface area contributed by atoms with Crippen molar-refractivity contribution in [1.29, 1.82) is 0 Å². The number of aliphatic hydroxyl groups is 1. The van der Waals surface area contributed by atoms with Crippen LogP contribution in [-0.4, -0.2) is 70.4 Å². The van der Waals surface area contributed by atoms with Gasteiger partial charge in [0.25, 0.3) is 5.91 Å². The fourth-order valence-corrected chi connectivity index (χ4v) is 7.87. The average molecular weight is 503 g/mol. The highest BCUT2D eigenvalue weighted by Gasteiger charge is 2.61. The van der Waals surface area contributed by atoms with Gasteiger partial charge in [0.2, 0.25) is 0 Å². The van der Waals surface area contributed by atoms with E-state index in [1.807, 2.05) is 12.3 Å². The number of likely N-dealkylation sites (tertiary alicyclic amines) is 1. The summed E-state index contributed by atoms with van der Waals surface area (Å²) in [6, 6.07) is 11.3. The highest BCUT2D eigenvalue weighted by atomic mass is 16.5. The minimum atomic E-state index is -0.652. The summed E-state index contributed by atoms with van der Waals surface area (Å²) in [4.78, 5) is 20.4. The maximum atomic E-state index is 13.3. The molecule has 6 fully saturated rings. The van der Waals surface area contributed by atoms with Crippen LogP contribution >= 0.6 is 0 Å². The fraction of sp³-hybridized carbons (Fsp3) is 0.600. The van der Waals surface area contributed by atoms with Crippen LogP contribution in [-0.2, 0) is 10.2 Å². The van der Waals surface area contributed by atoms with Gasteiger partial charge in [0.1, 0.15) is 0 Å². The number of nitrogens with two attached hydrogens (primary N) is 1. The summed E-state index contributed by atoms with van der Waals surface area (Å²) >= 11 is 0. The molecule has 196 valence electrons. The summed E-state index contributed by atoms with van der Waals surface area (Å²) in [7, 11) is 0. The molecule has 1 aromatic heterocycles. The van der Waals surface area contributed by atoms with Crippen LogP contribution in [0.1, 0.15) is 67.3 Å². The van der Waals surface area contributed by atoms with Crippen LogP contribution in [0, 0.1) is 5.92 Å². The van der Waals surface area contributed by atoms with Crippen LogP contribution in [0.25, 0.3) is 11.1 Å². The Balaban J connectivity index is 1.05. The first-order valence-electron chi connectivity index (χ1n) is 14.1. The molecule has 7 nitrogen and oxygen atoms in total. The number of amides is 1. The van der Waals surface area contributed by atoms with Crippen LogP contribution < -0.4 is 11.1 Å². The molecule has 2 aliphatic heterocycles. The van der Waals surface area contributed by atoms with Crippen LogP contribution in [0.5, 0.6) is 0 Å². The first kappa shape index (κ1) is 23.8. The van der Waals surface area contributed by atoms with Crippen molar-refractivity contribution in [3.05, 3.63) is 53.9 Å². The van der Waals surface area contributed by atoms with Gasteiger partial charge < -0.3 is 20.9 Å². The standard InChI is InChI=1S/C30H38N4O3/c31-26-15-28(36)7-9-30(26,10-8-28)33-27(35)22-13-21(16-32-17-22)20-1-3-23(4-2-20)29-14-24(29)18-34(19-29)25-5-11-37-12-6-25/h1-4,13,16-17,24-26,36H,5-12,14-15,18-19,31H2,(H,33,35)/t24-,26?,28?,29+,30?/m1/s1. The molecule has 4 N–H and O–H groups in total. The number of hydrogen-bond acceptors (Lipinski definition) is 6. The molecule has 0 spiro atoms. The summed E-state index contributed by atoms with van der Waals surface area (Å²) in [6.07, 6.45) is 10.5. The Hall–Kier alpha value is -2.32. The molecule has 6 aliphatic rings. The number of aromatic nitrogens is 1. The van der Waals surface area contributed by atoms with E-state index in [0.717, 1.165) is 55.9 Å². The summed E-state index contributed by atoms with van der Waals surface area (Å²) in [5, 5.41) is 13.8. The van der Waals surface area contributed by atoms with Gasteiger partial charge in [-0.1, -0.05) is 24.3 Å². The number of pyridine rings is 1. The molecule has 3 heterocycles. The first-order valence-corrected chi connectivity index (χ1v) is 14.1. The number of rotatable bonds is 5. The molecule has 37 heavy (non-hydrogen) atoms. The number of benzene rings is 1. The molecule has 4 saturated carbocycles. The third kappa shape index (κ3) is 4.02. The largest absolute Gasteiger partial charge is 0.390 e. The zero-order valence-electron chi connectivity index (χ0n) is 21.5. The van der Waals surface area contributed by atoms with Gasteiger partial charge in [-0.25, -0.2) is 0 Å². The van der Waals surface area contributed by atoms with Crippen molar-refractivity contribution in [2.75, 3.05) is 26.3 Å². The molecule has 8 rings (SSSR count). The number of hydrogen-bond donors (Lipinski definition) is 3. The lowest BCUT2D eigenvalue weighted by Gasteiger charge is -2.54. The van der Waals surface area contributed by atoms with E-state index in [-0.39, 0.29) is 11.9 Å². The normalized spacial score (nSPS) is 37.4. The highest BCUT2D eigenvalue weighted by Crippen LogP contribution is 2.59. The van der Waals surface area contributed by atoms with E-state index in [2.05, 4.69) is 39.5 Å². The first-order chi connectivity index (χ1) is 17.9. The lowest BCUT2D eigenvalue weighted by Crippen LogP contribution is -2.69. The van der Waals surface area contributed by atoms with Crippen molar-refractivity contribution in [1.82, 2.24) is 15.2 Å². The Morgan fingerprint density at radius 3 is 2.54 bits per heavy atom.